The lowest BCUT2D eigenvalue weighted by Gasteiger charge is -2.19. The van der Waals surface area contributed by atoms with E-state index in [1.54, 1.807) is 0 Å². The highest BCUT2D eigenvalue weighted by atomic mass is 15.1. The van der Waals surface area contributed by atoms with E-state index in [2.05, 4.69) is 15.8 Å². The van der Waals surface area contributed by atoms with Crippen LogP contribution in [-0.4, -0.2) is 29.5 Å². The zero-order chi connectivity index (χ0) is 9.14. The first-order chi connectivity index (χ1) is 5.65. The number of hydrogen-bond donors (Lipinski definition) is 0. The van der Waals surface area contributed by atoms with Crippen molar-refractivity contribution in [2.45, 2.75) is 13.3 Å². The van der Waals surface area contributed by atoms with Gasteiger partial charge in [-0.2, -0.15) is 4.79 Å². The van der Waals surface area contributed by atoms with Crippen LogP contribution in [0.5, 0.6) is 0 Å². The van der Waals surface area contributed by atoms with E-state index in [0.717, 1.165) is 11.3 Å². The van der Waals surface area contributed by atoms with Gasteiger partial charge in [-0.25, -0.2) is 0 Å². The van der Waals surface area contributed by atoms with Crippen LogP contribution in [0.3, 0.4) is 0 Å². The van der Waals surface area contributed by atoms with Crippen LogP contribution in [0, 0.1) is 0 Å². The number of hydrogen-bond acceptors (Lipinski definition) is 1. The van der Waals surface area contributed by atoms with Crippen LogP contribution in [0.15, 0.2) is 23.4 Å². The van der Waals surface area contributed by atoms with Crippen molar-refractivity contribution < 1.29 is 4.79 Å². The molecule has 0 heterocycles. The Bertz CT molecular complexity index is 291. The molecule has 1 rings (SSSR count). The summed E-state index contributed by atoms with van der Waals surface area (Å²) in [5, 5.41) is 0. The maximum atomic E-state index is 8.53. The van der Waals surface area contributed by atoms with Gasteiger partial charge < -0.3 is 10.4 Å². The number of rotatable bonds is 1. The zero-order valence-electron chi connectivity index (χ0n) is 7.70. The van der Waals surface area contributed by atoms with E-state index in [4.69, 9.17) is 5.53 Å². The van der Waals surface area contributed by atoms with E-state index in [1.807, 2.05) is 27.1 Å². The topological polar surface area (TPSA) is 39.6 Å². The van der Waals surface area contributed by atoms with Crippen LogP contribution in [0.25, 0.3) is 5.53 Å². The third kappa shape index (κ3) is 1.63. The average molecular weight is 163 g/mol. The molecule has 3 heteroatoms. The van der Waals surface area contributed by atoms with Crippen LogP contribution in [0.1, 0.15) is 13.3 Å². The van der Waals surface area contributed by atoms with E-state index in [9.17, 15) is 0 Å². The third-order valence-electron chi connectivity index (χ3n) is 1.90. The monoisotopic (exact) mass is 163 g/mol. The summed E-state index contributed by atoms with van der Waals surface area (Å²) in [5.74, 6) is 0. The van der Waals surface area contributed by atoms with Crippen molar-refractivity contribution in [3.05, 3.63) is 29.0 Å². The van der Waals surface area contributed by atoms with Crippen LogP contribution >= 0.6 is 0 Å². The summed E-state index contributed by atoms with van der Waals surface area (Å²) in [6, 6.07) is 0. The number of allylic oxidation sites excluding steroid dienone is 3. The van der Waals surface area contributed by atoms with Crippen molar-refractivity contribution in [1.82, 2.24) is 4.90 Å². The molecule has 0 amide bonds. The van der Waals surface area contributed by atoms with Gasteiger partial charge in [0.25, 0.3) is 5.71 Å². The molecular weight excluding hydrogens is 150 g/mol. The van der Waals surface area contributed by atoms with Gasteiger partial charge in [-0.05, 0) is 18.6 Å². The molecule has 0 atom stereocenters. The van der Waals surface area contributed by atoms with Gasteiger partial charge in [-0.3, -0.25) is 0 Å². The average Bonchev–Trinajstić information content (AvgIpc) is 2.03. The minimum absolute atomic E-state index is 0.710. The Kier molecular flexibility index (Phi) is 2.46. The highest BCUT2D eigenvalue weighted by Gasteiger charge is 2.13. The molecule has 0 aromatic heterocycles. The molecule has 0 bridgehead atoms. The van der Waals surface area contributed by atoms with Crippen molar-refractivity contribution in [3.63, 3.8) is 0 Å². The largest absolute Gasteiger partial charge is 0.378 e. The lowest BCUT2D eigenvalue weighted by atomic mass is 10.0. The van der Waals surface area contributed by atoms with Gasteiger partial charge in [0.15, 0.2) is 0 Å². The molecule has 0 saturated carbocycles. The molecule has 0 N–H and O–H groups in total. The van der Waals surface area contributed by atoms with Crippen molar-refractivity contribution >= 4 is 5.71 Å². The molecule has 0 spiro atoms. The minimum Gasteiger partial charge on any atom is -0.378 e. The second-order valence-electron chi connectivity index (χ2n) is 3.11. The van der Waals surface area contributed by atoms with Crippen molar-refractivity contribution in [2.24, 2.45) is 0 Å². The summed E-state index contributed by atoms with van der Waals surface area (Å²) in [6.07, 6.45) is 4.67. The quantitative estimate of drug-likeness (QED) is 0.426. The fourth-order valence-corrected chi connectivity index (χ4v) is 1.35. The Labute approximate surface area is 72.6 Å². The number of likely N-dealkylation sites (N-methyl/N-ethyl adjacent to an activating group) is 1. The Hall–Kier alpha value is -1.34. The Morgan fingerprint density at radius 1 is 1.50 bits per heavy atom. The fourth-order valence-electron chi connectivity index (χ4n) is 1.35. The summed E-state index contributed by atoms with van der Waals surface area (Å²) in [4.78, 5) is 5.22. The molecule has 0 radical (unpaired) electrons. The Morgan fingerprint density at radius 2 is 2.17 bits per heavy atom. The van der Waals surface area contributed by atoms with Gasteiger partial charge in [-0.1, -0.05) is 0 Å². The summed E-state index contributed by atoms with van der Waals surface area (Å²) < 4.78 is 0. The fraction of sp³-hybridized carbons (Fsp3) is 0.444. The number of nitrogens with zero attached hydrogens (tertiary/aromatic N) is 3. The molecule has 12 heavy (non-hydrogen) atoms. The van der Waals surface area contributed by atoms with E-state index in [1.165, 1.54) is 5.70 Å². The summed E-state index contributed by atoms with van der Waals surface area (Å²) in [5.41, 5.74) is 11.6. The van der Waals surface area contributed by atoms with Gasteiger partial charge in [0, 0.05) is 25.9 Å². The van der Waals surface area contributed by atoms with Crippen molar-refractivity contribution in [2.75, 3.05) is 14.1 Å². The molecule has 1 aliphatic carbocycles. The van der Waals surface area contributed by atoms with Gasteiger partial charge in [0.2, 0.25) is 0 Å². The smallest absolute Gasteiger partial charge is 0.296 e. The third-order valence-corrected chi connectivity index (χ3v) is 1.90. The Balaban J connectivity index is 2.94. The molecule has 0 aromatic rings. The molecule has 64 valence electrons. The van der Waals surface area contributed by atoms with Crippen LogP contribution in [-0.2, 0) is 0 Å². The normalized spacial score (nSPS) is 16.4. The molecule has 0 aromatic carbocycles. The van der Waals surface area contributed by atoms with E-state index < -0.39 is 0 Å². The van der Waals surface area contributed by atoms with Gasteiger partial charge in [-0.15, -0.1) is 0 Å². The van der Waals surface area contributed by atoms with Crippen molar-refractivity contribution in [1.29, 1.82) is 0 Å². The molecule has 0 saturated heterocycles. The second kappa shape index (κ2) is 3.37. The lowest BCUT2D eigenvalue weighted by molar-refractivity contribution is -0.00552. The molecule has 0 fully saturated rings. The lowest BCUT2D eigenvalue weighted by Crippen LogP contribution is -2.16. The molecule has 0 aliphatic heterocycles. The molecule has 0 unspecified atom stereocenters. The maximum absolute atomic E-state index is 8.53. The first kappa shape index (κ1) is 8.75. The van der Waals surface area contributed by atoms with E-state index in [0.29, 0.717) is 6.42 Å². The van der Waals surface area contributed by atoms with Crippen molar-refractivity contribution in [3.8, 4) is 0 Å². The van der Waals surface area contributed by atoms with Gasteiger partial charge >= 0.3 is 0 Å². The van der Waals surface area contributed by atoms with Crippen LogP contribution < -0.4 is 0 Å². The summed E-state index contributed by atoms with van der Waals surface area (Å²) >= 11 is 0. The van der Waals surface area contributed by atoms with Gasteiger partial charge in [0.05, 0.1) is 6.42 Å². The Morgan fingerprint density at radius 3 is 2.58 bits per heavy atom. The standard InChI is InChI=1S/C9H13N3/c1-7-6-8(11-10)4-5-9(7)12(2)3/h5-6H,4H2,1-3H3. The second-order valence-corrected chi connectivity index (χ2v) is 3.11. The van der Waals surface area contributed by atoms with Crippen LogP contribution in [0.4, 0.5) is 0 Å². The first-order valence-electron chi connectivity index (χ1n) is 3.92. The zero-order valence-corrected chi connectivity index (χ0v) is 7.70. The van der Waals surface area contributed by atoms with Gasteiger partial charge in [0.1, 0.15) is 0 Å². The summed E-state index contributed by atoms with van der Waals surface area (Å²) in [7, 11) is 4.01. The molecule has 3 nitrogen and oxygen atoms in total. The highest BCUT2D eigenvalue weighted by molar-refractivity contribution is 5.94. The van der Waals surface area contributed by atoms with Crippen LogP contribution in [0.2, 0.25) is 0 Å². The highest BCUT2D eigenvalue weighted by Crippen LogP contribution is 2.17. The minimum atomic E-state index is 0.710. The van der Waals surface area contributed by atoms with E-state index in [-0.39, 0.29) is 0 Å². The SMILES string of the molecule is CC1=CC(=[N+]=[N-])CC=C1N(C)C. The molecule has 1 aliphatic rings. The predicted octanol–water partition coefficient (Wildman–Crippen LogP) is 1.45. The predicted molar refractivity (Wildman–Crippen MR) is 48.8 cm³/mol. The maximum Gasteiger partial charge on any atom is 0.296 e. The summed E-state index contributed by atoms with van der Waals surface area (Å²) in [6.45, 7) is 2.01. The first-order valence-corrected chi connectivity index (χ1v) is 3.92. The molecular formula is C9H13N3. The van der Waals surface area contributed by atoms with E-state index >= 15 is 0 Å².